The van der Waals surface area contributed by atoms with Crippen LogP contribution in [0, 0.1) is 28.6 Å². The first-order valence-electron chi connectivity index (χ1n) is 10.1. The predicted molar refractivity (Wildman–Crippen MR) is 108 cm³/mol. The smallest absolute Gasteiger partial charge is 0.192 e. The Morgan fingerprint density at radius 3 is 2.67 bits per heavy atom. The van der Waals surface area contributed by atoms with Gasteiger partial charge in [0.1, 0.15) is 0 Å². The molecule has 4 heteroatoms. The molecule has 0 bridgehead atoms. The quantitative estimate of drug-likeness (QED) is 0.631. The maximum Gasteiger partial charge on any atom is 0.192 e. The molecule has 6 atom stereocenters. The topological polar surface area (TPSA) is 34.1 Å². The molecular formula is C23H29FO2S. The van der Waals surface area contributed by atoms with Crippen molar-refractivity contribution in [3.8, 4) is 0 Å². The van der Waals surface area contributed by atoms with E-state index in [4.69, 9.17) is 0 Å². The SMILES string of the molecule is C=C1C[C@@H]2[C@H](CC[C@]3(C)C(=O)[C@H](F)C[C@@H]23)[C@@]2(C)C(C)=CC(=O)C(SCC)=C12. The Labute approximate surface area is 165 Å². The number of hydrogen-bond acceptors (Lipinski definition) is 3. The molecule has 146 valence electrons. The van der Waals surface area contributed by atoms with Gasteiger partial charge in [-0.25, -0.2) is 4.39 Å². The number of thioether (sulfide) groups is 1. The minimum absolute atomic E-state index is 0.0848. The molecule has 4 aliphatic carbocycles. The summed E-state index contributed by atoms with van der Waals surface area (Å²) in [5.74, 6) is 1.46. The van der Waals surface area contributed by atoms with Crippen LogP contribution < -0.4 is 0 Å². The van der Waals surface area contributed by atoms with Gasteiger partial charge in [0, 0.05) is 10.8 Å². The largest absolute Gasteiger partial charge is 0.296 e. The number of ketones is 2. The van der Waals surface area contributed by atoms with Crippen molar-refractivity contribution in [2.75, 3.05) is 5.75 Å². The first-order valence-corrected chi connectivity index (χ1v) is 11.1. The number of Topliss-reactive ketones (excluding diaryl/α,β-unsaturated/α-hetero) is 1. The van der Waals surface area contributed by atoms with Gasteiger partial charge in [0.2, 0.25) is 0 Å². The molecule has 0 N–H and O–H groups in total. The van der Waals surface area contributed by atoms with E-state index < -0.39 is 11.6 Å². The van der Waals surface area contributed by atoms with Crippen molar-refractivity contribution < 1.29 is 14.0 Å². The average Bonchev–Trinajstić information content (AvgIpc) is 2.84. The molecule has 0 radical (unpaired) electrons. The number of allylic oxidation sites excluding steroid dienone is 5. The monoisotopic (exact) mass is 388 g/mol. The molecule has 0 aliphatic heterocycles. The number of halogens is 1. The Bertz CT molecular complexity index is 809. The third-order valence-electron chi connectivity index (χ3n) is 8.14. The van der Waals surface area contributed by atoms with Gasteiger partial charge in [-0.3, -0.25) is 9.59 Å². The number of fused-ring (bicyclic) bond motifs is 5. The van der Waals surface area contributed by atoms with Crippen molar-refractivity contribution in [1.82, 2.24) is 0 Å². The maximum absolute atomic E-state index is 14.4. The highest BCUT2D eigenvalue weighted by atomic mass is 32.2. The molecule has 3 fully saturated rings. The fourth-order valence-electron chi connectivity index (χ4n) is 6.69. The highest BCUT2D eigenvalue weighted by Crippen LogP contribution is 2.67. The van der Waals surface area contributed by atoms with Crippen LogP contribution in [0.15, 0.2) is 34.3 Å². The van der Waals surface area contributed by atoms with Crippen molar-refractivity contribution in [3.05, 3.63) is 34.3 Å². The van der Waals surface area contributed by atoms with Gasteiger partial charge in [-0.2, -0.15) is 0 Å². The summed E-state index contributed by atoms with van der Waals surface area (Å²) in [4.78, 5) is 26.1. The molecule has 0 spiro atoms. The fourth-order valence-corrected chi connectivity index (χ4v) is 7.68. The van der Waals surface area contributed by atoms with Crippen LogP contribution in [0.1, 0.15) is 53.4 Å². The minimum atomic E-state index is -1.31. The van der Waals surface area contributed by atoms with Gasteiger partial charge >= 0.3 is 0 Å². The Morgan fingerprint density at radius 2 is 2.00 bits per heavy atom. The van der Waals surface area contributed by atoms with Crippen LogP contribution in [0.2, 0.25) is 0 Å². The molecule has 3 saturated carbocycles. The fraction of sp³-hybridized carbons (Fsp3) is 0.652. The molecule has 0 amide bonds. The van der Waals surface area contributed by atoms with Crippen molar-refractivity contribution in [2.45, 2.75) is 59.5 Å². The van der Waals surface area contributed by atoms with E-state index in [0.717, 1.165) is 46.6 Å². The van der Waals surface area contributed by atoms with Crippen molar-refractivity contribution in [3.63, 3.8) is 0 Å². The van der Waals surface area contributed by atoms with Gasteiger partial charge in [-0.15, -0.1) is 11.8 Å². The van der Waals surface area contributed by atoms with Crippen molar-refractivity contribution >= 4 is 23.3 Å². The number of carbonyl (C=O) groups is 2. The minimum Gasteiger partial charge on any atom is -0.296 e. The summed E-state index contributed by atoms with van der Waals surface area (Å²) in [6.07, 6.45) is 3.30. The van der Waals surface area contributed by atoms with Crippen LogP contribution in [0.25, 0.3) is 0 Å². The van der Waals surface area contributed by atoms with Gasteiger partial charge in [0.25, 0.3) is 0 Å². The highest BCUT2D eigenvalue weighted by molar-refractivity contribution is 8.04. The molecule has 0 aromatic heterocycles. The van der Waals surface area contributed by atoms with Crippen LogP contribution in [0.5, 0.6) is 0 Å². The molecule has 0 aromatic rings. The van der Waals surface area contributed by atoms with Crippen LogP contribution in [-0.2, 0) is 9.59 Å². The second-order valence-corrected chi connectivity index (χ2v) is 10.5. The second-order valence-electron chi connectivity index (χ2n) is 9.24. The van der Waals surface area contributed by atoms with E-state index >= 15 is 0 Å². The van der Waals surface area contributed by atoms with E-state index in [1.54, 1.807) is 11.8 Å². The molecule has 0 heterocycles. The van der Waals surface area contributed by atoms with Gasteiger partial charge in [0.15, 0.2) is 17.7 Å². The van der Waals surface area contributed by atoms with Crippen molar-refractivity contribution in [2.24, 2.45) is 28.6 Å². The van der Waals surface area contributed by atoms with Crippen LogP contribution in [0.4, 0.5) is 4.39 Å². The highest BCUT2D eigenvalue weighted by Gasteiger charge is 2.63. The van der Waals surface area contributed by atoms with Crippen LogP contribution in [0.3, 0.4) is 0 Å². The van der Waals surface area contributed by atoms with Crippen LogP contribution in [-0.4, -0.2) is 23.5 Å². The first-order chi connectivity index (χ1) is 12.7. The lowest BCUT2D eigenvalue weighted by Gasteiger charge is -2.57. The van der Waals surface area contributed by atoms with E-state index in [1.165, 1.54) is 0 Å². The molecular weight excluding hydrogens is 359 g/mol. The third kappa shape index (κ3) is 2.38. The zero-order valence-electron chi connectivity index (χ0n) is 16.7. The molecule has 0 unspecified atom stereocenters. The lowest BCUT2D eigenvalue weighted by Crippen LogP contribution is -2.51. The number of alkyl halides is 1. The Morgan fingerprint density at radius 1 is 1.30 bits per heavy atom. The number of carbonyl (C=O) groups excluding carboxylic acids is 2. The van der Waals surface area contributed by atoms with E-state index in [1.807, 2.05) is 13.0 Å². The van der Waals surface area contributed by atoms with E-state index in [2.05, 4.69) is 27.4 Å². The molecule has 0 aromatic carbocycles. The normalized spacial score (nSPS) is 44.0. The summed E-state index contributed by atoms with van der Waals surface area (Å²) in [7, 11) is 0. The Hall–Kier alpha value is -1.16. The Kier molecular flexibility index (Phi) is 4.38. The lowest BCUT2D eigenvalue weighted by molar-refractivity contribution is -0.134. The first kappa shape index (κ1) is 19.2. The molecule has 4 rings (SSSR count). The van der Waals surface area contributed by atoms with Gasteiger partial charge in [-0.1, -0.05) is 32.9 Å². The van der Waals surface area contributed by atoms with Crippen molar-refractivity contribution in [1.29, 1.82) is 0 Å². The number of rotatable bonds is 2. The van der Waals surface area contributed by atoms with E-state index in [9.17, 15) is 14.0 Å². The summed E-state index contributed by atoms with van der Waals surface area (Å²) < 4.78 is 14.4. The van der Waals surface area contributed by atoms with E-state index in [-0.39, 0.29) is 28.8 Å². The van der Waals surface area contributed by atoms with Gasteiger partial charge < -0.3 is 0 Å². The molecule has 0 saturated heterocycles. The van der Waals surface area contributed by atoms with Gasteiger partial charge in [-0.05, 0) is 73.3 Å². The zero-order chi connectivity index (χ0) is 19.7. The average molecular weight is 389 g/mol. The third-order valence-corrected chi connectivity index (χ3v) is 9.12. The predicted octanol–water partition coefficient (Wildman–Crippen LogP) is 5.45. The maximum atomic E-state index is 14.4. The number of hydrogen-bond donors (Lipinski definition) is 0. The zero-order valence-corrected chi connectivity index (χ0v) is 17.5. The molecule has 27 heavy (non-hydrogen) atoms. The van der Waals surface area contributed by atoms with Gasteiger partial charge in [0.05, 0.1) is 4.91 Å². The summed E-state index contributed by atoms with van der Waals surface area (Å²) in [6, 6.07) is 0. The summed E-state index contributed by atoms with van der Waals surface area (Å²) >= 11 is 1.62. The molecule has 4 aliphatic rings. The van der Waals surface area contributed by atoms with E-state index in [0.29, 0.717) is 12.3 Å². The summed E-state index contributed by atoms with van der Waals surface area (Å²) in [6.45, 7) is 12.8. The lowest BCUT2D eigenvalue weighted by atomic mass is 9.46. The summed E-state index contributed by atoms with van der Waals surface area (Å²) in [5, 5.41) is 0. The second kappa shape index (κ2) is 6.17. The molecule has 2 nitrogen and oxygen atoms in total. The Balaban J connectivity index is 1.83. The standard InChI is InChI=1S/C23H29FO2S/c1-6-27-20-18(25)10-13(3)23(5)15-7-8-22(4)16(11-17(24)21(22)26)14(15)9-12(2)19(20)23/h10,14-17H,2,6-9,11H2,1,3-5H3/t14-,15+,16+,17-,22+,23-/m1/s1. The van der Waals surface area contributed by atoms with Crippen LogP contribution >= 0.6 is 11.8 Å². The summed E-state index contributed by atoms with van der Waals surface area (Å²) in [5.41, 5.74) is 2.49.